The Hall–Kier alpha value is -5.32. The van der Waals surface area contributed by atoms with Crippen LogP contribution in [-0.2, 0) is 4.79 Å². The van der Waals surface area contributed by atoms with Crippen molar-refractivity contribution in [2.75, 3.05) is 10.6 Å². The standard InChI is InChI=1S/C31H25F2N5O4/c1-17-13-21(7-10-24(17)32)38-18(2)3-9-23(31(38)41)30(40)34-20-6-11-26(25(33)14-20)42-22-8-12-28-35-27(16-37(28)15-22)36-29(39)19-4-5-19/h3,6-16,19H,4-5H2,1-2H3,(H,34,40)(H,36,39). The number of aryl methyl sites for hydroxylation is 2. The zero-order chi connectivity index (χ0) is 29.5. The van der Waals surface area contributed by atoms with Crippen LogP contribution in [0.1, 0.15) is 34.5 Å². The molecule has 11 heteroatoms. The normalized spacial score (nSPS) is 12.8. The summed E-state index contributed by atoms with van der Waals surface area (Å²) in [5.74, 6) is -1.21. The van der Waals surface area contributed by atoms with E-state index >= 15 is 0 Å². The Kier molecular flexibility index (Phi) is 6.77. The number of nitrogens with zero attached hydrogens (tertiary/aromatic N) is 3. The van der Waals surface area contributed by atoms with Crippen LogP contribution in [0.25, 0.3) is 11.3 Å². The van der Waals surface area contributed by atoms with Gasteiger partial charge in [0, 0.05) is 29.1 Å². The monoisotopic (exact) mass is 569 g/mol. The molecule has 0 atom stereocenters. The number of imidazole rings is 1. The summed E-state index contributed by atoms with van der Waals surface area (Å²) in [6, 6.07) is 14.4. The Morgan fingerprint density at radius 3 is 2.48 bits per heavy atom. The molecular weight excluding hydrogens is 544 g/mol. The number of rotatable bonds is 7. The molecule has 0 unspecified atom stereocenters. The number of benzene rings is 2. The molecule has 212 valence electrons. The smallest absolute Gasteiger partial charge is 0.268 e. The number of ether oxygens (including phenoxy) is 1. The third-order valence-corrected chi connectivity index (χ3v) is 6.96. The van der Waals surface area contributed by atoms with Crippen molar-refractivity contribution in [3.8, 4) is 17.2 Å². The zero-order valence-electron chi connectivity index (χ0n) is 22.7. The number of halogens is 2. The van der Waals surface area contributed by atoms with E-state index in [1.54, 1.807) is 48.8 Å². The maximum atomic E-state index is 15.0. The maximum Gasteiger partial charge on any atom is 0.268 e. The van der Waals surface area contributed by atoms with Crippen LogP contribution in [0, 0.1) is 31.4 Å². The molecule has 1 saturated carbocycles. The predicted octanol–water partition coefficient (Wildman–Crippen LogP) is 5.77. The molecule has 0 saturated heterocycles. The summed E-state index contributed by atoms with van der Waals surface area (Å²) in [6.07, 6.45) is 5.02. The summed E-state index contributed by atoms with van der Waals surface area (Å²) < 4.78 is 37.4. The lowest BCUT2D eigenvalue weighted by Crippen LogP contribution is -2.29. The molecule has 1 aliphatic carbocycles. The Labute approximate surface area is 238 Å². The van der Waals surface area contributed by atoms with Crippen molar-refractivity contribution in [2.24, 2.45) is 5.92 Å². The van der Waals surface area contributed by atoms with Gasteiger partial charge in [0.1, 0.15) is 22.8 Å². The van der Waals surface area contributed by atoms with Crippen LogP contribution < -0.4 is 20.9 Å². The molecule has 1 fully saturated rings. The van der Waals surface area contributed by atoms with Gasteiger partial charge < -0.3 is 19.8 Å². The van der Waals surface area contributed by atoms with Crippen LogP contribution in [0.5, 0.6) is 11.5 Å². The first-order valence-electron chi connectivity index (χ1n) is 13.2. The van der Waals surface area contributed by atoms with Gasteiger partial charge in [-0.3, -0.25) is 19.0 Å². The van der Waals surface area contributed by atoms with Gasteiger partial charge >= 0.3 is 0 Å². The van der Waals surface area contributed by atoms with Crippen LogP contribution in [0.2, 0.25) is 0 Å². The summed E-state index contributed by atoms with van der Waals surface area (Å²) in [5.41, 5.74) is 1.29. The number of carbonyl (C=O) groups is 2. The largest absolute Gasteiger partial charge is 0.453 e. The number of fused-ring (bicyclic) bond motifs is 1. The van der Waals surface area contributed by atoms with Gasteiger partial charge in [0.2, 0.25) is 5.91 Å². The molecule has 6 rings (SSSR count). The van der Waals surface area contributed by atoms with Crippen molar-refractivity contribution < 1.29 is 23.1 Å². The minimum absolute atomic E-state index is 0.0470. The van der Waals surface area contributed by atoms with E-state index in [-0.39, 0.29) is 28.8 Å². The number of anilines is 2. The van der Waals surface area contributed by atoms with Crippen molar-refractivity contribution in [3.63, 3.8) is 0 Å². The van der Waals surface area contributed by atoms with Crippen LogP contribution in [0.15, 0.2) is 77.9 Å². The molecule has 3 heterocycles. The van der Waals surface area contributed by atoms with Crippen molar-refractivity contribution in [1.29, 1.82) is 0 Å². The first kappa shape index (κ1) is 26.9. The fourth-order valence-corrected chi connectivity index (χ4v) is 4.54. The second kappa shape index (κ2) is 10.6. The van der Waals surface area contributed by atoms with E-state index in [9.17, 15) is 23.2 Å². The molecular formula is C31H25F2N5O4. The SMILES string of the molecule is Cc1cc(-n2c(C)ccc(C(=O)Nc3ccc(Oc4ccc5nc(NC(=O)C6CC6)cn5c4)c(F)c3)c2=O)ccc1F. The van der Waals surface area contributed by atoms with Gasteiger partial charge in [0.25, 0.3) is 11.5 Å². The third-order valence-electron chi connectivity index (χ3n) is 6.96. The third kappa shape index (κ3) is 5.36. The Balaban J connectivity index is 1.18. The maximum absolute atomic E-state index is 15.0. The highest BCUT2D eigenvalue weighted by Crippen LogP contribution is 2.31. The molecule has 42 heavy (non-hydrogen) atoms. The van der Waals surface area contributed by atoms with E-state index in [0.29, 0.717) is 34.2 Å². The zero-order valence-corrected chi connectivity index (χ0v) is 22.7. The Morgan fingerprint density at radius 2 is 1.74 bits per heavy atom. The van der Waals surface area contributed by atoms with E-state index in [0.717, 1.165) is 18.9 Å². The van der Waals surface area contributed by atoms with Gasteiger partial charge in [-0.05, 0) is 86.8 Å². The number of hydrogen-bond acceptors (Lipinski definition) is 5. The quantitative estimate of drug-likeness (QED) is 0.259. The second-order valence-corrected chi connectivity index (χ2v) is 10.2. The molecule has 0 bridgehead atoms. The topological polar surface area (TPSA) is 107 Å². The summed E-state index contributed by atoms with van der Waals surface area (Å²) in [5, 5.41) is 5.34. The molecule has 9 nitrogen and oxygen atoms in total. The molecule has 0 aliphatic heterocycles. The minimum Gasteiger partial charge on any atom is -0.453 e. The molecule has 2 amide bonds. The fourth-order valence-electron chi connectivity index (χ4n) is 4.54. The molecule has 0 spiro atoms. The lowest BCUT2D eigenvalue weighted by molar-refractivity contribution is -0.117. The van der Waals surface area contributed by atoms with Gasteiger partial charge in [0.15, 0.2) is 17.4 Å². The van der Waals surface area contributed by atoms with Crippen LogP contribution >= 0.6 is 0 Å². The molecule has 3 aromatic heterocycles. The summed E-state index contributed by atoms with van der Waals surface area (Å²) in [7, 11) is 0. The molecule has 1 aliphatic rings. The molecule has 2 aromatic carbocycles. The van der Waals surface area contributed by atoms with E-state index in [1.165, 1.54) is 41.0 Å². The number of pyridine rings is 2. The number of aromatic nitrogens is 3. The average molecular weight is 570 g/mol. The van der Waals surface area contributed by atoms with E-state index in [4.69, 9.17) is 4.74 Å². The van der Waals surface area contributed by atoms with Crippen LogP contribution in [0.3, 0.4) is 0 Å². The second-order valence-electron chi connectivity index (χ2n) is 10.2. The van der Waals surface area contributed by atoms with E-state index in [1.807, 2.05) is 0 Å². The number of carbonyl (C=O) groups excluding carboxylic acids is 2. The average Bonchev–Trinajstić information content (AvgIpc) is 3.73. The molecule has 2 N–H and O–H groups in total. The minimum atomic E-state index is -0.737. The highest BCUT2D eigenvalue weighted by molar-refractivity contribution is 6.04. The van der Waals surface area contributed by atoms with Gasteiger partial charge in [-0.15, -0.1) is 0 Å². The van der Waals surface area contributed by atoms with Gasteiger partial charge in [-0.1, -0.05) is 0 Å². The van der Waals surface area contributed by atoms with Gasteiger partial charge in [-0.25, -0.2) is 13.8 Å². The van der Waals surface area contributed by atoms with Crippen LogP contribution in [-0.4, -0.2) is 25.8 Å². The Morgan fingerprint density at radius 1 is 0.929 bits per heavy atom. The van der Waals surface area contributed by atoms with E-state index in [2.05, 4.69) is 15.6 Å². The van der Waals surface area contributed by atoms with Crippen molar-refractivity contribution >= 4 is 29.0 Å². The number of amides is 2. The van der Waals surface area contributed by atoms with Gasteiger partial charge in [-0.2, -0.15) is 0 Å². The van der Waals surface area contributed by atoms with Crippen molar-refractivity contribution in [3.05, 3.63) is 112 Å². The van der Waals surface area contributed by atoms with Crippen molar-refractivity contribution in [2.45, 2.75) is 26.7 Å². The predicted molar refractivity (Wildman–Crippen MR) is 152 cm³/mol. The number of hydrogen-bond donors (Lipinski definition) is 2. The van der Waals surface area contributed by atoms with E-state index < -0.39 is 23.1 Å². The first-order valence-corrected chi connectivity index (χ1v) is 13.2. The highest BCUT2D eigenvalue weighted by atomic mass is 19.1. The summed E-state index contributed by atoms with van der Waals surface area (Å²) in [6.45, 7) is 3.29. The Bertz CT molecular complexity index is 1940. The fraction of sp³-hybridized carbons (Fsp3) is 0.161. The molecule has 5 aromatic rings. The van der Waals surface area contributed by atoms with Gasteiger partial charge in [0.05, 0.1) is 12.4 Å². The summed E-state index contributed by atoms with van der Waals surface area (Å²) >= 11 is 0. The molecule has 0 radical (unpaired) electrons. The van der Waals surface area contributed by atoms with Crippen molar-refractivity contribution in [1.82, 2.24) is 14.0 Å². The number of nitrogens with one attached hydrogen (secondary N) is 2. The summed E-state index contributed by atoms with van der Waals surface area (Å²) in [4.78, 5) is 42.6. The first-order chi connectivity index (χ1) is 20.2. The lowest BCUT2D eigenvalue weighted by atomic mass is 10.1. The highest BCUT2D eigenvalue weighted by Gasteiger charge is 2.30. The van der Waals surface area contributed by atoms with Crippen LogP contribution in [0.4, 0.5) is 20.3 Å². The lowest BCUT2D eigenvalue weighted by Gasteiger charge is -2.13.